The molecule has 0 N–H and O–H groups in total. The van der Waals surface area contributed by atoms with E-state index in [0.29, 0.717) is 0 Å². The highest BCUT2D eigenvalue weighted by molar-refractivity contribution is 6.14. The Bertz CT molecular complexity index is 3980. The van der Waals surface area contributed by atoms with Crippen LogP contribution in [0.15, 0.2) is 186 Å². The summed E-state index contributed by atoms with van der Waals surface area (Å²) in [5, 5.41) is 7.36. The summed E-state index contributed by atoms with van der Waals surface area (Å²) in [7, 11) is 0. The van der Waals surface area contributed by atoms with Crippen molar-refractivity contribution < 1.29 is 4.42 Å². The Morgan fingerprint density at radius 2 is 0.889 bits per heavy atom. The van der Waals surface area contributed by atoms with Crippen LogP contribution < -0.4 is 0 Å². The van der Waals surface area contributed by atoms with Crippen LogP contribution in [0, 0.1) is 0 Å². The SMILES string of the molecule is CC1(C)c2ccccc2-c2ccc(-n3c4ccccc4c4cc(-c5ccc6c7ccccc7n(-c7ccc8c(c7)C(C)(C)c7ccc9c(oc%10ccccc%109)c7-8)c6c5)ccc43)cc21. The number of furan rings is 1. The van der Waals surface area contributed by atoms with Gasteiger partial charge in [0.2, 0.25) is 0 Å². The third-order valence-corrected chi connectivity index (χ3v) is 14.9. The lowest BCUT2D eigenvalue weighted by molar-refractivity contribution is 0.653. The van der Waals surface area contributed by atoms with E-state index in [1.54, 1.807) is 0 Å². The van der Waals surface area contributed by atoms with Gasteiger partial charge in [-0.1, -0.05) is 149 Å². The van der Waals surface area contributed by atoms with E-state index in [9.17, 15) is 0 Å². The molecule has 0 amide bonds. The molecule has 63 heavy (non-hydrogen) atoms. The number of rotatable bonds is 3. The average molecular weight is 807 g/mol. The number of nitrogens with zero attached hydrogens (tertiary/aromatic N) is 2. The molecule has 0 saturated carbocycles. The zero-order chi connectivity index (χ0) is 41.9. The molecular weight excluding hydrogens is 765 g/mol. The molecule has 0 fully saturated rings. The first-order chi connectivity index (χ1) is 30.8. The number of benzene rings is 9. The molecule has 0 unspecified atom stereocenters. The Balaban J connectivity index is 0.924. The molecule has 0 aliphatic heterocycles. The number of fused-ring (bicyclic) bond motifs is 16. The van der Waals surface area contributed by atoms with Crippen LogP contribution in [-0.2, 0) is 10.8 Å². The van der Waals surface area contributed by atoms with Gasteiger partial charge in [0.1, 0.15) is 11.2 Å². The van der Waals surface area contributed by atoms with Gasteiger partial charge < -0.3 is 13.6 Å². The van der Waals surface area contributed by atoms with Crippen molar-refractivity contribution in [1.82, 2.24) is 9.13 Å². The van der Waals surface area contributed by atoms with Crippen molar-refractivity contribution in [2.45, 2.75) is 38.5 Å². The zero-order valence-corrected chi connectivity index (χ0v) is 35.6. The second-order valence-electron chi connectivity index (χ2n) is 18.9. The number of aromatic nitrogens is 2. The Morgan fingerprint density at radius 3 is 1.68 bits per heavy atom. The molecule has 3 nitrogen and oxygen atoms in total. The van der Waals surface area contributed by atoms with Crippen LogP contribution in [0.2, 0.25) is 0 Å². The molecule has 0 atom stereocenters. The summed E-state index contributed by atoms with van der Waals surface area (Å²) < 4.78 is 11.6. The van der Waals surface area contributed by atoms with Crippen molar-refractivity contribution >= 4 is 65.6 Å². The van der Waals surface area contributed by atoms with Gasteiger partial charge in [-0.2, -0.15) is 0 Å². The van der Waals surface area contributed by atoms with Gasteiger partial charge in [0.05, 0.1) is 22.1 Å². The molecule has 2 aliphatic rings. The fourth-order valence-electron chi connectivity index (χ4n) is 11.8. The first-order valence-electron chi connectivity index (χ1n) is 22.2. The molecular formula is C60H42N2O. The molecule has 2 aliphatic carbocycles. The van der Waals surface area contributed by atoms with Crippen LogP contribution in [0.3, 0.4) is 0 Å². The monoisotopic (exact) mass is 806 g/mol. The third kappa shape index (κ3) is 4.54. The fraction of sp³-hybridized carbons (Fsp3) is 0.100. The van der Waals surface area contributed by atoms with E-state index in [1.807, 2.05) is 0 Å². The van der Waals surface area contributed by atoms with E-state index in [0.717, 1.165) is 16.9 Å². The molecule has 9 aromatic carbocycles. The highest BCUT2D eigenvalue weighted by atomic mass is 16.3. The molecule has 0 radical (unpaired) electrons. The van der Waals surface area contributed by atoms with E-state index in [-0.39, 0.29) is 10.8 Å². The number of para-hydroxylation sites is 3. The molecule has 12 aromatic rings. The molecule has 3 heteroatoms. The standard InChI is InChI=1S/C60H42N2O/c1-59(2)48-17-9-5-13-39(48)40-26-23-37(33-50(40)59)61-53-19-11-7-15-42(53)47-31-35(22-30-54(47)61)36-21-25-43-41-14-6-10-18-52(41)62(55(43)32-36)38-24-27-46-51(34-38)60(3,4)49-29-28-45-44-16-8-12-20-56(44)63-58(45)57(46)49/h5-34H,1-4H3. The fourth-order valence-corrected chi connectivity index (χ4v) is 11.8. The lowest BCUT2D eigenvalue weighted by Crippen LogP contribution is -2.15. The highest BCUT2D eigenvalue weighted by Gasteiger charge is 2.39. The van der Waals surface area contributed by atoms with Gasteiger partial charge in [0.25, 0.3) is 0 Å². The summed E-state index contributed by atoms with van der Waals surface area (Å²) in [6, 6.07) is 67.8. The van der Waals surface area contributed by atoms with Crippen LogP contribution in [0.25, 0.3) is 110 Å². The van der Waals surface area contributed by atoms with E-state index < -0.39 is 0 Å². The van der Waals surface area contributed by atoms with Gasteiger partial charge in [-0.15, -0.1) is 0 Å². The van der Waals surface area contributed by atoms with Crippen molar-refractivity contribution in [1.29, 1.82) is 0 Å². The van der Waals surface area contributed by atoms with Crippen molar-refractivity contribution in [3.63, 3.8) is 0 Å². The van der Waals surface area contributed by atoms with E-state index in [4.69, 9.17) is 4.42 Å². The van der Waals surface area contributed by atoms with Gasteiger partial charge in [-0.3, -0.25) is 0 Å². The van der Waals surface area contributed by atoms with Crippen LogP contribution in [0.4, 0.5) is 0 Å². The number of hydrogen-bond acceptors (Lipinski definition) is 1. The maximum atomic E-state index is 6.62. The van der Waals surface area contributed by atoms with Gasteiger partial charge in [0, 0.05) is 60.1 Å². The van der Waals surface area contributed by atoms with Crippen LogP contribution in [-0.4, -0.2) is 9.13 Å². The first kappa shape index (κ1) is 35.0. The van der Waals surface area contributed by atoms with Crippen LogP contribution in [0.5, 0.6) is 0 Å². The van der Waals surface area contributed by atoms with E-state index >= 15 is 0 Å². The minimum Gasteiger partial charge on any atom is -0.455 e. The molecule has 0 bridgehead atoms. The summed E-state index contributed by atoms with van der Waals surface area (Å²) in [5.74, 6) is 0. The Labute approximate surface area is 365 Å². The third-order valence-electron chi connectivity index (χ3n) is 14.9. The quantitative estimate of drug-likeness (QED) is 0.174. The second-order valence-corrected chi connectivity index (χ2v) is 18.9. The Kier molecular flexibility index (Phi) is 6.70. The lowest BCUT2D eigenvalue weighted by Gasteiger charge is -2.22. The van der Waals surface area contributed by atoms with E-state index in [2.05, 4.69) is 219 Å². The van der Waals surface area contributed by atoms with Gasteiger partial charge in [0.15, 0.2) is 0 Å². The topological polar surface area (TPSA) is 23.0 Å². The smallest absolute Gasteiger partial charge is 0.143 e. The first-order valence-corrected chi connectivity index (χ1v) is 22.2. The summed E-state index contributed by atoms with van der Waals surface area (Å²) in [4.78, 5) is 0. The van der Waals surface area contributed by atoms with Crippen molar-refractivity contribution in [2.24, 2.45) is 0 Å². The van der Waals surface area contributed by atoms with Crippen molar-refractivity contribution in [2.75, 3.05) is 0 Å². The average Bonchev–Trinajstić information content (AvgIpc) is 4.07. The normalized spacial score (nSPS) is 14.6. The van der Waals surface area contributed by atoms with Gasteiger partial charge in [-0.05, 0) is 111 Å². The molecule has 298 valence electrons. The minimum absolute atomic E-state index is 0.0712. The van der Waals surface area contributed by atoms with Crippen molar-refractivity contribution in [3.05, 3.63) is 204 Å². The molecule has 0 saturated heterocycles. The molecule has 3 heterocycles. The Hall–Kier alpha value is -7.62. The second kappa shape index (κ2) is 12.1. The maximum Gasteiger partial charge on any atom is 0.143 e. The maximum absolute atomic E-state index is 6.62. The Morgan fingerprint density at radius 1 is 0.349 bits per heavy atom. The predicted molar refractivity (Wildman–Crippen MR) is 263 cm³/mol. The van der Waals surface area contributed by atoms with Crippen molar-refractivity contribution in [3.8, 4) is 44.8 Å². The van der Waals surface area contributed by atoms with Crippen LogP contribution >= 0.6 is 0 Å². The van der Waals surface area contributed by atoms with Gasteiger partial charge in [-0.25, -0.2) is 0 Å². The summed E-state index contributed by atoms with van der Waals surface area (Å²) in [5.41, 5.74) is 21.8. The largest absolute Gasteiger partial charge is 0.455 e. The summed E-state index contributed by atoms with van der Waals surface area (Å²) >= 11 is 0. The molecule has 14 rings (SSSR count). The van der Waals surface area contributed by atoms with Crippen LogP contribution in [0.1, 0.15) is 49.9 Å². The summed E-state index contributed by atoms with van der Waals surface area (Å²) in [6.45, 7) is 9.44. The van der Waals surface area contributed by atoms with E-state index in [1.165, 1.54) is 116 Å². The molecule has 0 spiro atoms. The zero-order valence-electron chi connectivity index (χ0n) is 35.6. The van der Waals surface area contributed by atoms with Gasteiger partial charge >= 0.3 is 0 Å². The minimum atomic E-state index is -0.201. The predicted octanol–water partition coefficient (Wildman–Crippen LogP) is 16.1. The summed E-state index contributed by atoms with van der Waals surface area (Å²) in [6.07, 6.45) is 0. The lowest BCUT2D eigenvalue weighted by atomic mass is 9.82. The number of hydrogen-bond donors (Lipinski definition) is 0. The molecule has 3 aromatic heterocycles. The highest BCUT2D eigenvalue weighted by Crippen LogP contribution is 2.54.